The van der Waals surface area contributed by atoms with Crippen LogP contribution < -0.4 is 24.7 Å². The quantitative estimate of drug-likeness (QED) is 0.832. The minimum absolute atomic E-state index is 0.580. The number of hydrogen-bond acceptors (Lipinski definition) is 4. The lowest BCUT2D eigenvalue weighted by atomic mass is 10.1. The molecule has 0 atom stereocenters. The van der Waals surface area contributed by atoms with Crippen LogP contribution in [0.2, 0.25) is 0 Å². The van der Waals surface area contributed by atoms with Gasteiger partial charge in [0.15, 0.2) is 22.9 Å². The first-order valence-corrected chi connectivity index (χ1v) is 7.11. The summed E-state index contributed by atoms with van der Waals surface area (Å²) >= 11 is 0. The van der Waals surface area contributed by atoms with Crippen molar-refractivity contribution in [1.29, 1.82) is 0 Å². The zero-order valence-electron chi connectivity index (χ0n) is 13.9. The Balaban J connectivity index is 2.34. The topological polar surface area (TPSA) is 64.6 Å². The van der Waals surface area contributed by atoms with Crippen LogP contribution in [-0.2, 0) is 0 Å². The van der Waals surface area contributed by atoms with Crippen LogP contribution >= 0.6 is 0 Å². The minimum atomic E-state index is 0.580. The van der Waals surface area contributed by atoms with E-state index in [1.807, 2.05) is 42.5 Å². The van der Waals surface area contributed by atoms with Gasteiger partial charge in [-0.25, -0.2) is 0 Å². The van der Waals surface area contributed by atoms with Gasteiger partial charge in [-0.3, -0.25) is 0 Å². The van der Waals surface area contributed by atoms with E-state index in [4.69, 9.17) is 18.9 Å². The molecule has 0 saturated carbocycles. The molecule has 2 aromatic carbocycles. The number of methoxy groups -OCH3 is 4. The van der Waals surface area contributed by atoms with Gasteiger partial charge in [0.25, 0.3) is 0 Å². The van der Waals surface area contributed by atoms with E-state index >= 15 is 0 Å². The molecule has 0 unspecified atom stereocenters. The average Bonchev–Trinajstić information content (AvgIpc) is 2.58. The zero-order valence-corrected chi connectivity index (χ0v) is 13.9. The van der Waals surface area contributed by atoms with Gasteiger partial charge in [-0.05, 0) is 29.3 Å². The highest BCUT2D eigenvalue weighted by molar-refractivity contribution is 5.74. The lowest BCUT2D eigenvalue weighted by molar-refractivity contribution is -0.256. The Morgan fingerprint density at radius 1 is 0.696 bits per heavy atom. The molecule has 23 heavy (non-hydrogen) atoms. The monoisotopic (exact) mass is 316 g/mol. The van der Waals surface area contributed by atoms with Crippen LogP contribution in [0.4, 0.5) is 5.69 Å². The van der Waals surface area contributed by atoms with E-state index in [9.17, 15) is 0 Å². The van der Waals surface area contributed by atoms with Crippen molar-refractivity contribution in [1.82, 2.24) is 0 Å². The maximum Gasteiger partial charge on any atom is 0.203 e. The lowest BCUT2D eigenvalue weighted by Crippen LogP contribution is -2.40. The molecule has 0 aromatic heterocycles. The molecule has 0 aliphatic heterocycles. The molecule has 2 aromatic rings. The molecule has 0 saturated heterocycles. The van der Waals surface area contributed by atoms with Gasteiger partial charge >= 0.3 is 0 Å². The Labute approximate surface area is 136 Å². The summed E-state index contributed by atoms with van der Waals surface area (Å²) in [5, 5.41) is 0. The molecule has 0 spiro atoms. The summed E-state index contributed by atoms with van der Waals surface area (Å²) < 4.78 is 21.2. The van der Waals surface area contributed by atoms with Crippen molar-refractivity contribution in [3.05, 3.63) is 41.5 Å². The molecule has 0 amide bonds. The molecular weight excluding hydrogens is 294 g/mol. The van der Waals surface area contributed by atoms with Gasteiger partial charge in [0.2, 0.25) is 5.75 Å². The third-order valence-electron chi connectivity index (χ3n) is 3.46. The van der Waals surface area contributed by atoms with Crippen molar-refractivity contribution in [2.45, 2.75) is 0 Å². The van der Waals surface area contributed by atoms with Crippen molar-refractivity contribution in [2.24, 2.45) is 0 Å². The molecule has 0 fully saturated rings. The summed E-state index contributed by atoms with van der Waals surface area (Å²) in [6.45, 7) is 0. The highest BCUT2D eigenvalue weighted by Crippen LogP contribution is 2.38. The fraction of sp³-hybridized carbons (Fsp3) is 0.222. The molecule has 5 nitrogen and oxygen atoms in total. The van der Waals surface area contributed by atoms with E-state index in [1.165, 1.54) is 0 Å². The Kier molecular flexibility index (Phi) is 5.49. The summed E-state index contributed by atoms with van der Waals surface area (Å²) in [5.41, 5.74) is 6.79. The fourth-order valence-electron chi connectivity index (χ4n) is 2.29. The highest BCUT2D eigenvalue weighted by Gasteiger charge is 2.12. The van der Waals surface area contributed by atoms with Crippen molar-refractivity contribution >= 4 is 17.8 Å². The van der Waals surface area contributed by atoms with Gasteiger partial charge in [0.1, 0.15) is 0 Å². The second kappa shape index (κ2) is 7.56. The first-order chi connectivity index (χ1) is 11.1. The predicted octanol–water partition coefficient (Wildman–Crippen LogP) is 2.76. The SMILES string of the molecule is COc1ccc(/C=C\c2cc(OC)c(OC)c(OC)c2)cc1[NH3+]. The van der Waals surface area contributed by atoms with Crippen LogP contribution in [-0.4, -0.2) is 28.4 Å². The zero-order chi connectivity index (χ0) is 16.8. The van der Waals surface area contributed by atoms with Gasteiger partial charge in [0, 0.05) is 6.07 Å². The predicted molar refractivity (Wildman–Crippen MR) is 90.6 cm³/mol. The molecular formula is C18H22NO4+. The van der Waals surface area contributed by atoms with E-state index in [2.05, 4.69) is 5.73 Å². The molecule has 2 rings (SSSR count). The van der Waals surface area contributed by atoms with Crippen molar-refractivity contribution < 1.29 is 24.7 Å². The van der Waals surface area contributed by atoms with Gasteiger partial charge in [-0.2, -0.15) is 0 Å². The van der Waals surface area contributed by atoms with Crippen molar-refractivity contribution in [3.63, 3.8) is 0 Å². The third kappa shape index (κ3) is 3.76. The summed E-state index contributed by atoms with van der Waals surface area (Å²) in [7, 11) is 6.42. The maximum atomic E-state index is 5.36. The normalized spacial score (nSPS) is 10.7. The number of hydrogen-bond donors (Lipinski definition) is 1. The Bertz CT molecular complexity index is 685. The van der Waals surface area contributed by atoms with Crippen LogP contribution in [0.15, 0.2) is 30.3 Å². The fourth-order valence-corrected chi connectivity index (χ4v) is 2.29. The molecule has 3 N–H and O–H groups in total. The maximum absolute atomic E-state index is 5.36. The molecule has 0 aliphatic rings. The van der Waals surface area contributed by atoms with E-state index < -0.39 is 0 Å². The number of benzene rings is 2. The Morgan fingerprint density at radius 3 is 1.74 bits per heavy atom. The van der Waals surface area contributed by atoms with E-state index in [0.29, 0.717) is 17.2 Å². The number of rotatable bonds is 6. The molecule has 0 heterocycles. The van der Waals surface area contributed by atoms with Crippen LogP contribution in [0.25, 0.3) is 12.2 Å². The Morgan fingerprint density at radius 2 is 1.26 bits per heavy atom. The van der Waals surface area contributed by atoms with Gasteiger partial charge in [-0.1, -0.05) is 18.2 Å². The van der Waals surface area contributed by atoms with Crippen molar-refractivity contribution in [3.8, 4) is 23.0 Å². The minimum Gasteiger partial charge on any atom is -0.493 e. The van der Waals surface area contributed by atoms with E-state index in [1.54, 1.807) is 28.4 Å². The second-order valence-electron chi connectivity index (χ2n) is 4.86. The van der Waals surface area contributed by atoms with Gasteiger partial charge in [-0.15, -0.1) is 0 Å². The molecule has 0 radical (unpaired) electrons. The summed E-state index contributed by atoms with van der Waals surface area (Å²) in [4.78, 5) is 0. The van der Waals surface area contributed by atoms with Crippen molar-refractivity contribution in [2.75, 3.05) is 28.4 Å². The van der Waals surface area contributed by atoms with Crippen LogP contribution in [0.5, 0.6) is 23.0 Å². The highest BCUT2D eigenvalue weighted by atomic mass is 16.5. The third-order valence-corrected chi connectivity index (χ3v) is 3.46. The standard InChI is InChI=1S/C18H21NO4/c1-20-15-8-7-12(9-14(15)19)5-6-13-10-16(21-2)18(23-4)17(11-13)22-3/h5-11H,19H2,1-4H3/p+1/b6-5-. The van der Waals surface area contributed by atoms with E-state index in [-0.39, 0.29) is 0 Å². The Hall–Kier alpha value is -2.66. The summed E-state index contributed by atoms with van der Waals surface area (Å²) in [6.07, 6.45) is 3.97. The smallest absolute Gasteiger partial charge is 0.203 e. The average molecular weight is 316 g/mol. The van der Waals surface area contributed by atoms with Gasteiger partial charge in [0.05, 0.1) is 28.4 Å². The van der Waals surface area contributed by atoms with Gasteiger partial charge < -0.3 is 24.7 Å². The summed E-state index contributed by atoms with van der Waals surface area (Å²) in [6, 6.07) is 9.63. The van der Waals surface area contributed by atoms with E-state index in [0.717, 1.165) is 22.6 Å². The number of ether oxygens (including phenoxy) is 4. The first-order valence-electron chi connectivity index (χ1n) is 7.11. The number of quaternary nitrogens is 1. The lowest BCUT2D eigenvalue weighted by Gasteiger charge is -2.12. The molecule has 0 bridgehead atoms. The first kappa shape index (κ1) is 16.7. The van der Waals surface area contributed by atoms with Crippen LogP contribution in [0.1, 0.15) is 11.1 Å². The largest absolute Gasteiger partial charge is 0.493 e. The summed E-state index contributed by atoms with van der Waals surface area (Å²) in [5.74, 6) is 2.60. The van der Waals surface area contributed by atoms with Crippen LogP contribution in [0.3, 0.4) is 0 Å². The molecule has 122 valence electrons. The van der Waals surface area contributed by atoms with Crippen LogP contribution in [0, 0.1) is 0 Å². The second-order valence-corrected chi connectivity index (χ2v) is 4.86. The molecule has 5 heteroatoms. The molecule has 0 aliphatic carbocycles.